The molecule has 0 fully saturated rings. The van der Waals surface area contributed by atoms with E-state index < -0.39 is 0 Å². The van der Waals surface area contributed by atoms with E-state index in [9.17, 15) is 9.18 Å². The largest absolute Gasteiger partial charge is 0.490 e. The van der Waals surface area contributed by atoms with Crippen LogP contribution in [-0.4, -0.2) is 16.7 Å². The summed E-state index contributed by atoms with van der Waals surface area (Å²) in [5.41, 5.74) is 1.15. The Kier molecular flexibility index (Phi) is 3.64. The van der Waals surface area contributed by atoms with Crippen LogP contribution < -0.4 is 10.3 Å². The average Bonchev–Trinajstić information content (AvgIpc) is 2.37. The molecule has 0 saturated heterocycles. The van der Waals surface area contributed by atoms with Crippen LogP contribution in [0.2, 0.25) is 0 Å². The summed E-state index contributed by atoms with van der Waals surface area (Å²) in [6.45, 7) is 3.98. The minimum absolute atomic E-state index is 0.199. The predicted octanol–water partition coefficient (Wildman–Crippen LogP) is 2.06. The lowest BCUT2D eigenvalue weighted by molar-refractivity contribution is 0.400. The van der Waals surface area contributed by atoms with Crippen LogP contribution in [0.3, 0.4) is 0 Å². The van der Waals surface area contributed by atoms with E-state index in [0.29, 0.717) is 17.9 Å². The van der Waals surface area contributed by atoms with E-state index in [4.69, 9.17) is 4.74 Å². The highest BCUT2D eigenvalue weighted by atomic mass is 19.1. The van der Waals surface area contributed by atoms with E-state index in [0.717, 1.165) is 5.56 Å². The van der Waals surface area contributed by atoms with Gasteiger partial charge in [0.15, 0.2) is 0 Å². The summed E-state index contributed by atoms with van der Waals surface area (Å²) in [7, 11) is 1.43. The third-order valence-electron chi connectivity index (χ3n) is 2.96. The van der Waals surface area contributed by atoms with Gasteiger partial charge in [-0.3, -0.25) is 4.79 Å². The number of benzene rings is 1. The standard InChI is InChI=1S/C14H15FN2O2/c1-9-6-11(4-5-12(9)15)7-17-8-13(19-3)14(18)16-10(17)2/h4-6,8H,7H2,1-3H3. The molecule has 5 heteroatoms. The second-order valence-electron chi connectivity index (χ2n) is 4.37. The number of aryl methyl sites for hydroxylation is 2. The molecule has 0 spiro atoms. The smallest absolute Gasteiger partial charge is 0.315 e. The molecule has 1 heterocycles. The maximum Gasteiger partial charge on any atom is 0.315 e. The molecule has 2 aromatic rings. The van der Waals surface area contributed by atoms with Gasteiger partial charge in [-0.2, -0.15) is 4.98 Å². The molecule has 4 nitrogen and oxygen atoms in total. The van der Waals surface area contributed by atoms with Gasteiger partial charge in [0.2, 0.25) is 5.75 Å². The lowest BCUT2D eigenvalue weighted by Crippen LogP contribution is -2.17. The van der Waals surface area contributed by atoms with E-state index in [-0.39, 0.29) is 17.1 Å². The first-order chi connectivity index (χ1) is 9.01. The third-order valence-corrected chi connectivity index (χ3v) is 2.96. The third kappa shape index (κ3) is 2.81. The van der Waals surface area contributed by atoms with Gasteiger partial charge in [0.1, 0.15) is 11.6 Å². The molecular formula is C14H15FN2O2. The molecule has 100 valence electrons. The van der Waals surface area contributed by atoms with Crippen LogP contribution in [0.25, 0.3) is 0 Å². The second-order valence-corrected chi connectivity index (χ2v) is 4.37. The van der Waals surface area contributed by atoms with Crippen LogP contribution in [0.4, 0.5) is 4.39 Å². The quantitative estimate of drug-likeness (QED) is 0.850. The van der Waals surface area contributed by atoms with Crippen molar-refractivity contribution in [3.8, 4) is 5.75 Å². The van der Waals surface area contributed by atoms with E-state index >= 15 is 0 Å². The fraction of sp³-hybridized carbons (Fsp3) is 0.286. The van der Waals surface area contributed by atoms with E-state index in [1.165, 1.54) is 13.2 Å². The molecular weight excluding hydrogens is 247 g/mol. The zero-order chi connectivity index (χ0) is 14.0. The molecule has 0 amide bonds. The molecule has 0 bridgehead atoms. The second kappa shape index (κ2) is 5.22. The number of hydrogen-bond acceptors (Lipinski definition) is 3. The van der Waals surface area contributed by atoms with Crippen LogP contribution >= 0.6 is 0 Å². The zero-order valence-corrected chi connectivity index (χ0v) is 11.1. The van der Waals surface area contributed by atoms with Gasteiger partial charge in [0, 0.05) is 6.54 Å². The zero-order valence-electron chi connectivity index (χ0n) is 11.1. The first kappa shape index (κ1) is 13.3. The Hall–Kier alpha value is -2.17. The van der Waals surface area contributed by atoms with Crippen molar-refractivity contribution in [2.45, 2.75) is 20.4 Å². The number of rotatable bonds is 3. The van der Waals surface area contributed by atoms with Crippen molar-refractivity contribution >= 4 is 0 Å². The lowest BCUT2D eigenvalue weighted by atomic mass is 10.1. The summed E-state index contributed by atoms with van der Waals surface area (Å²) in [5.74, 6) is 0.563. The SMILES string of the molecule is COc1cn(Cc2ccc(F)c(C)c2)c(C)nc1=O. The molecule has 0 aliphatic carbocycles. The molecule has 0 atom stereocenters. The Labute approximate surface area is 110 Å². The van der Waals surface area contributed by atoms with Crippen LogP contribution in [-0.2, 0) is 6.54 Å². The van der Waals surface area contributed by atoms with Crippen molar-refractivity contribution in [1.29, 1.82) is 0 Å². The molecule has 1 aromatic carbocycles. The van der Waals surface area contributed by atoms with Crippen LogP contribution in [0.1, 0.15) is 17.0 Å². The molecule has 0 N–H and O–H groups in total. The Morgan fingerprint density at radius 2 is 2.11 bits per heavy atom. The number of halogens is 1. The molecule has 0 aliphatic heterocycles. The molecule has 0 radical (unpaired) electrons. The molecule has 0 unspecified atom stereocenters. The van der Waals surface area contributed by atoms with Gasteiger partial charge in [-0.25, -0.2) is 4.39 Å². The van der Waals surface area contributed by atoms with Gasteiger partial charge >= 0.3 is 5.56 Å². The highest BCUT2D eigenvalue weighted by Gasteiger charge is 2.07. The maximum atomic E-state index is 13.2. The number of nitrogens with zero attached hydrogens (tertiary/aromatic N) is 2. The molecule has 0 aliphatic rings. The van der Waals surface area contributed by atoms with Gasteiger partial charge in [0.05, 0.1) is 13.3 Å². The Morgan fingerprint density at radius 3 is 2.74 bits per heavy atom. The Morgan fingerprint density at radius 1 is 1.37 bits per heavy atom. The summed E-state index contributed by atoms with van der Waals surface area (Å²) < 4.78 is 20.0. The van der Waals surface area contributed by atoms with Crippen LogP contribution in [0.5, 0.6) is 5.75 Å². The number of ether oxygens (including phenoxy) is 1. The number of aromatic nitrogens is 2. The van der Waals surface area contributed by atoms with Crippen molar-refractivity contribution in [1.82, 2.24) is 9.55 Å². The van der Waals surface area contributed by atoms with Crippen molar-refractivity contribution < 1.29 is 9.13 Å². The predicted molar refractivity (Wildman–Crippen MR) is 70.0 cm³/mol. The minimum atomic E-state index is -0.383. The number of hydrogen-bond donors (Lipinski definition) is 0. The van der Waals surface area contributed by atoms with E-state index in [1.54, 1.807) is 36.7 Å². The van der Waals surface area contributed by atoms with Gasteiger partial charge in [-0.05, 0) is 31.0 Å². The van der Waals surface area contributed by atoms with E-state index in [1.807, 2.05) is 0 Å². The van der Waals surface area contributed by atoms with Crippen molar-refractivity contribution in [2.24, 2.45) is 0 Å². The Bertz CT molecular complexity index is 665. The highest BCUT2D eigenvalue weighted by molar-refractivity contribution is 5.25. The molecule has 19 heavy (non-hydrogen) atoms. The molecule has 1 aromatic heterocycles. The summed E-state index contributed by atoms with van der Waals surface area (Å²) in [6.07, 6.45) is 1.61. The number of methoxy groups -OCH3 is 1. The van der Waals surface area contributed by atoms with Gasteiger partial charge in [-0.15, -0.1) is 0 Å². The van der Waals surface area contributed by atoms with Crippen LogP contribution in [0, 0.1) is 19.7 Å². The van der Waals surface area contributed by atoms with Gasteiger partial charge in [0.25, 0.3) is 0 Å². The Balaban J connectivity index is 2.37. The average molecular weight is 262 g/mol. The van der Waals surface area contributed by atoms with Crippen molar-refractivity contribution in [3.63, 3.8) is 0 Å². The summed E-state index contributed by atoms with van der Waals surface area (Å²) >= 11 is 0. The summed E-state index contributed by atoms with van der Waals surface area (Å²) in [5, 5.41) is 0. The monoisotopic (exact) mass is 262 g/mol. The van der Waals surface area contributed by atoms with E-state index in [2.05, 4.69) is 4.98 Å². The summed E-state index contributed by atoms with van der Waals surface area (Å²) in [6, 6.07) is 4.93. The van der Waals surface area contributed by atoms with Gasteiger partial charge in [-0.1, -0.05) is 12.1 Å². The molecule has 0 saturated carbocycles. The fourth-order valence-corrected chi connectivity index (χ4v) is 1.86. The highest BCUT2D eigenvalue weighted by Crippen LogP contribution is 2.12. The normalized spacial score (nSPS) is 10.5. The minimum Gasteiger partial charge on any atom is -0.490 e. The first-order valence-corrected chi connectivity index (χ1v) is 5.88. The van der Waals surface area contributed by atoms with Crippen molar-refractivity contribution in [2.75, 3.05) is 7.11 Å². The maximum absolute atomic E-state index is 13.2. The lowest BCUT2D eigenvalue weighted by Gasteiger charge is -2.11. The van der Waals surface area contributed by atoms with Gasteiger partial charge < -0.3 is 9.30 Å². The first-order valence-electron chi connectivity index (χ1n) is 5.88. The summed E-state index contributed by atoms with van der Waals surface area (Å²) in [4.78, 5) is 15.4. The van der Waals surface area contributed by atoms with Crippen LogP contribution in [0.15, 0.2) is 29.2 Å². The fourth-order valence-electron chi connectivity index (χ4n) is 1.86. The topological polar surface area (TPSA) is 44.1 Å². The van der Waals surface area contributed by atoms with Crippen molar-refractivity contribution in [3.05, 3.63) is 57.5 Å². The molecule has 2 rings (SSSR count).